The Morgan fingerprint density at radius 2 is 1.71 bits per heavy atom. The number of nitrogens with zero attached hydrogens (tertiary/aromatic N) is 2. The standard InChI is InChI=1S/C23H27N3O4S/c1-3-18-30-21-9-4-19(5-10-21)6-13-23(27)24-20-7-11-22(12-8-20)31(28,29)26-16-14-25(2)15-17-26/h3-13H,1,14-18H2,2H3,(H,24,27)/b13-6+. The third kappa shape index (κ3) is 6.27. The van der Waals surface area contributed by atoms with Gasteiger partial charge < -0.3 is 15.0 Å². The third-order valence-electron chi connectivity index (χ3n) is 4.90. The fourth-order valence-corrected chi connectivity index (χ4v) is 4.50. The van der Waals surface area contributed by atoms with E-state index in [0.717, 1.165) is 11.3 Å². The molecule has 8 heteroatoms. The lowest BCUT2D eigenvalue weighted by Crippen LogP contribution is -2.46. The van der Waals surface area contributed by atoms with Gasteiger partial charge in [-0.3, -0.25) is 4.79 Å². The van der Waals surface area contributed by atoms with Crippen LogP contribution in [0.5, 0.6) is 5.75 Å². The molecule has 1 aliphatic heterocycles. The number of piperazine rings is 1. The van der Waals surface area contributed by atoms with Crippen molar-refractivity contribution in [2.75, 3.05) is 45.2 Å². The predicted octanol–water partition coefficient (Wildman–Crippen LogP) is 2.84. The molecule has 0 atom stereocenters. The first-order valence-electron chi connectivity index (χ1n) is 10.00. The van der Waals surface area contributed by atoms with E-state index < -0.39 is 10.0 Å². The Balaban J connectivity index is 1.57. The molecule has 7 nitrogen and oxygen atoms in total. The zero-order valence-electron chi connectivity index (χ0n) is 17.5. The molecule has 0 aliphatic carbocycles. The molecule has 31 heavy (non-hydrogen) atoms. The monoisotopic (exact) mass is 441 g/mol. The van der Waals surface area contributed by atoms with Gasteiger partial charge in [-0.1, -0.05) is 24.8 Å². The minimum Gasteiger partial charge on any atom is -0.490 e. The van der Waals surface area contributed by atoms with Gasteiger partial charge >= 0.3 is 0 Å². The summed E-state index contributed by atoms with van der Waals surface area (Å²) in [7, 11) is -1.55. The Bertz CT molecular complexity index is 1020. The summed E-state index contributed by atoms with van der Waals surface area (Å²) in [5.74, 6) is 0.426. The first kappa shape index (κ1) is 22.7. The van der Waals surface area contributed by atoms with Crippen LogP contribution >= 0.6 is 0 Å². The maximum absolute atomic E-state index is 12.8. The topological polar surface area (TPSA) is 78.9 Å². The van der Waals surface area contributed by atoms with Gasteiger partial charge in [0.1, 0.15) is 12.4 Å². The van der Waals surface area contributed by atoms with Crippen LogP contribution in [0.4, 0.5) is 5.69 Å². The maximum atomic E-state index is 12.8. The molecule has 1 heterocycles. The number of carbonyl (C=O) groups is 1. The van der Waals surface area contributed by atoms with Crippen LogP contribution in [-0.4, -0.2) is 63.4 Å². The summed E-state index contributed by atoms with van der Waals surface area (Å²) >= 11 is 0. The van der Waals surface area contributed by atoms with E-state index in [4.69, 9.17) is 4.74 Å². The first-order chi connectivity index (χ1) is 14.9. The lowest BCUT2D eigenvalue weighted by molar-refractivity contribution is -0.111. The zero-order chi connectivity index (χ0) is 22.3. The largest absolute Gasteiger partial charge is 0.490 e. The summed E-state index contributed by atoms with van der Waals surface area (Å²) in [6.45, 7) is 6.42. The molecular weight excluding hydrogens is 414 g/mol. The lowest BCUT2D eigenvalue weighted by Gasteiger charge is -2.31. The number of benzene rings is 2. The van der Waals surface area contributed by atoms with Crippen molar-refractivity contribution in [3.63, 3.8) is 0 Å². The molecule has 164 valence electrons. The van der Waals surface area contributed by atoms with Gasteiger partial charge in [0.2, 0.25) is 15.9 Å². The van der Waals surface area contributed by atoms with Crippen molar-refractivity contribution in [2.24, 2.45) is 0 Å². The molecule has 0 spiro atoms. The van der Waals surface area contributed by atoms with Gasteiger partial charge in [0.25, 0.3) is 0 Å². The Morgan fingerprint density at radius 3 is 2.32 bits per heavy atom. The summed E-state index contributed by atoms with van der Waals surface area (Å²) in [4.78, 5) is 14.5. The zero-order valence-corrected chi connectivity index (χ0v) is 18.3. The van der Waals surface area contributed by atoms with Gasteiger partial charge in [0.15, 0.2) is 0 Å². The van der Waals surface area contributed by atoms with Crippen LogP contribution in [-0.2, 0) is 14.8 Å². The summed E-state index contributed by atoms with van der Waals surface area (Å²) in [6, 6.07) is 13.6. The van der Waals surface area contributed by atoms with E-state index in [1.165, 1.54) is 22.5 Å². The van der Waals surface area contributed by atoms with Crippen LogP contribution in [0.3, 0.4) is 0 Å². The van der Waals surface area contributed by atoms with Crippen molar-refractivity contribution in [2.45, 2.75) is 4.90 Å². The molecule has 2 aromatic carbocycles. The molecule has 1 amide bonds. The summed E-state index contributed by atoms with van der Waals surface area (Å²) in [6.07, 6.45) is 4.79. The summed E-state index contributed by atoms with van der Waals surface area (Å²) in [5.41, 5.74) is 1.38. The highest BCUT2D eigenvalue weighted by atomic mass is 32.2. The second-order valence-corrected chi connectivity index (χ2v) is 9.16. The molecule has 2 aromatic rings. The normalized spacial score (nSPS) is 15.6. The van der Waals surface area contributed by atoms with Crippen molar-refractivity contribution in [3.8, 4) is 5.75 Å². The van der Waals surface area contributed by atoms with Gasteiger partial charge in [-0.05, 0) is 55.1 Å². The van der Waals surface area contributed by atoms with E-state index >= 15 is 0 Å². The number of nitrogens with one attached hydrogen (secondary N) is 1. The number of amides is 1. The van der Waals surface area contributed by atoms with Crippen molar-refractivity contribution < 1.29 is 17.9 Å². The molecule has 1 saturated heterocycles. The molecule has 1 fully saturated rings. The van der Waals surface area contributed by atoms with Gasteiger partial charge in [-0.25, -0.2) is 8.42 Å². The van der Waals surface area contributed by atoms with Gasteiger partial charge in [-0.15, -0.1) is 0 Å². The number of sulfonamides is 1. The number of anilines is 1. The molecule has 1 N–H and O–H groups in total. The SMILES string of the molecule is C=CCOc1ccc(/C=C/C(=O)Nc2ccc(S(=O)(=O)N3CCN(C)CC3)cc2)cc1. The molecule has 3 rings (SSSR count). The van der Waals surface area contributed by atoms with Gasteiger partial charge in [0.05, 0.1) is 4.90 Å². The quantitative estimate of drug-likeness (QED) is 0.503. The number of rotatable bonds is 8. The third-order valence-corrected chi connectivity index (χ3v) is 6.81. The molecule has 0 aromatic heterocycles. The fraction of sp³-hybridized carbons (Fsp3) is 0.261. The second kappa shape index (κ2) is 10.4. The smallest absolute Gasteiger partial charge is 0.248 e. The van der Waals surface area contributed by atoms with Crippen LogP contribution in [0.15, 0.2) is 72.2 Å². The van der Waals surface area contributed by atoms with E-state index in [0.29, 0.717) is 38.5 Å². The minimum atomic E-state index is -3.52. The minimum absolute atomic E-state index is 0.226. The molecule has 0 radical (unpaired) electrons. The average Bonchev–Trinajstić information content (AvgIpc) is 2.77. The van der Waals surface area contributed by atoms with Crippen LogP contribution < -0.4 is 10.1 Å². The molecule has 1 aliphatic rings. The first-order valence-corrected chi connectivity index (χ1v) is 11.4. The number of carbonyl (C=O) groups excluding carboxylic acids is 1. The van der Waals surface area contributed by atoms with E-state index in [2.05, 4.69) is 16.8 Å². The summed E-state index contributed by atoms with van der Waals surface area (Å²) in [5, 5.41) is 2.74. The number of ether oxygens (including phenoxy) is 1. The van der Waals surface area contributed by atoms with Gasteiger partial charge in [0, 0.05) is 37.9 Å². The Hall–Kier alpha value is -2.94. The Labute approximate surface area is 183 Å². The highest BCUT2D eigenvalue weighted by Gasteiger charge is 2.27. The fourth-order valence-electron chi connectivity index (χ4n) is 3.07. The van der Waals surface area contributed by atoms with Crippen LogP contribution in [0, 0.1) is 0 Å². The van der Waals surface area contributed by atoms with Crippen LogP contribution in [0.25, 0.3) is 6.08 Å². The average molecular weight is 442 g/mol. The highest BCUT2D eigenvalue weighted by molar-refractivity contribution is 7.89. The highest BCUT2D eigenvalue weighted by Crippen LogP contribution is 2.20. The Morgan fingerprint density at radius 1 is 1.06 bits per heavy atom. The van der Waals surface area contributed by atoms with Crippen molar-refractivity contribution >= 4 is 27.7 Å². The second-order valence-electron chi connectivity index (χ2n) is 7.22. The summed E-state index contributed by atoms with van der Waals surface area (Å²) < 4.78 is 32.4. The maximum Gasteiger partial charge on any atom is 0.248 e. The van der Waals surface area contributed by atoms with Crippen LogP contribution in [0.2, 0.25) is 0 Å². The van der Waals surface area contributed by atoms with Gasteiger partial charge in [-0.2, -0.15) is 4.31 Å². The van der Waals surface area contributed by atoms with E-state index in [1.54, 1.807) is 24.3 Å². The van der Waals surface area contributed by atoms with E-state index in [9.17, 15) is 13.2 Å². The molecule has 0 saturated carbocycles. The molecule has 0 bridgehead atoms. The van der Waals surface area contributed by atoms with E-state index in [1.807, 2.05) is 31.3 Å². The van der Waals surface area contributed by atoms with E-state index in [-0.39, 0.29) is 10.8 Å². The number of hydrogen-bond donors (Lipinski definition) is 1. The van der Waals surface area contributed by atoms with Crippen molar-refractivity contribution in [1.82, 2.24) is 9.21 Å². The van der Waals surface area contributed by atoms with Crippen molar-refractivity contribution in [3.05, 3.63) is 72.8 Å². The van der Waals surface area contributed by atoms with Crippen molar-refractivity contribution in [1.29, 1.82) is 0 Å². The number of hydrogen-bond acceptors (Lipinski definition) is 5. The Kier molecular flexibility index (Phi) is 7.62. The van der Waals surface area contributed by atoms with Crippen LogP contribution in [0.1, 0.15) is 5.56 Å². The lowest BCUT2D eigenvalue weighted by atomic mass is 10.2. The predicted molar refractivity (Wildman–Crippen MR) is 122 cm³/mol. The molecule has 0 unspecified atom stereocenters. The number of likely N-dealkylation sites (N-methyl/N-ethyl adjacent to an activating group) is 1. The molecular formula is C23H27N3O4S.